The minimum Gasteiger partial charge on any atom is -0.329 e. The number of aromatic nitrogens is 4. The summed E-state index contributed by atoms with van der Waals surface area (Å²) in [5.74, 6) is 0.466. The molecule has 2 atom stereocenters. The Balaban J connectivity index is 1.17. The lowest BCUT2D eigenvalue weighted by atomic mass is 9.99. The lowest BCUT2D eigenvalue weighted by molar-refractivity contribution is -0.118. The van der Waals surface area contributed by atoms with Crippen LogP contribution in [-0.4, -0.2) is 56.8 Å². The zero-order valence-corrected chi connectivity index (χ0v) is 23.6. The monoisotopic (exact) mass is 582 g/mol. The van der Waals surface area contributed by atoms with Crippen molar-refractivity contribution in [2.45, 2.75) is 24.7 Å². The van der Waals surface area contributed by atoms with Gasteiger partial charge in [-0.15, -0.1) is 20.4 Å². The molecule has 4 rings (SSSR count). The third-order valence-electron chi connectivity index (χ3n) is 5.82. The van der Waals surface area contributed by atoms with Gasteiger partial charge in [-0.25, -0.2) is 0 Å². The number of rotatable bonds is 14. The third-order valence-corrected chi connectivity index (χ3v) is 8.61. The molecule has 2 aromatic heterocycles. The van der Waals surface area contributed by atoms with Gasteiger partial charge in [-0.1, -0.05) is 83.3 Å². The van der Waals surface area contributed by atoms with Gasteiger partial charge >= 0.3 is 0 Å². The number of nitrogens with zero attached hydrogens (tertiary/aromatic N) is 4. The van der Waals surface area contributed by atoms with Gasteiger partial charge in [0.2, 0.25) is 22.1 Å². The predicted octanol–water partition coefficient (Wildman–Crippen LogP) is 3.27. The summed E-state index contributed by atoms with van der Waals surface area (Å²) < 4.78 is 0. The van der Waals surface area contributed by atoms with Crippen molar-refractivity contribution in [2.75, 3.05) is 35.2 Å². The minimum absolute atomic E-state index is 0.188. The van der Waals surface area contributed by atoms with E-state index in [2.05, 4.69) is 31.0 Å². The van der Waals surface area contributed by atoms with Gasteiger partial charge in [-0.05, 0) is 22.6 Å². The molecule has 0 bridgehead atoms. The molecule has 6 N–H and O–H groups in total. The van der Waals surface area contributed by atoms with Crippen molar-refractivity contribution in [1.29, 1.82) is 0 Å². The quantitative estimate of drug-likeness (QED) is 0.164. The third kappa shape index (κ3) is 8.38. The first kappa shape index (κ1) is 28.8. The Bertz CT molecular complexity index is 1230. The van der Waals surface area contributed by atoms with Gasteiger partial charge in [0.25, 0.3) is 0 Å². The van der Waals surface area contributed by atoms with Crippen LogP contribution in [0.5, 0.6) is 0 Å². The first-order chi connectivity index (χ1) is 19.1. The van der Waals surface area contributed by atoms with Crippen molar-refractivity contribution in [1.82, 2.24) is 20.4 Å². The minimum atomic E-state index is -0.436. The molecule has 10 nitrogen and oxygen atoms in total. The van der Waals surface area contributed by atoms with Gasteiger partial charge in [0.1, 0.15) is 10.0 Å². The van der Waals surface area contributed by atoms with E-state index in [1.807, 2.05) is 60.7 Å². The summed E-state index contributed by atoms with van der Waals surface area (Å²) in [5, 5.41) is 24.9. The van der Waals surface area contributed by atoms with Crippen LogP contribution in [0.25, 0.3) is 0 Å². The Morgan fingerprint density at radius 2 is 1.10 bits per heavy atom. The summed E-state index contributed by atoms with van der Waals surface area (Å²) in [6.45, 7) is 0.422. The molecule has 0 saturated carbocycles. The van der Waals surface area contributed by atoms with Gasteiger partial charge < -0.3 is 11.5 Å². The second-order valence-corrected chi connectivity index (χ2v) is 11.8. The molecule has 0 aliphatic rings. The van der Waals surface area contributed by atoms with E-state index in [1.165, 1.54) is 22.7 Å². The van der Waals surface area contributed by atoms with E-state index >= 15 is 0 Å². The molecular weight excluding hydrogens is 553 g/mol. The number of carbonyl (C=O) groups excluding carboxylic acids is 2. The second-order valence-electron chi connectivity index (χ2n) is 8.49. The first-order valence-corrected chi connectivity index (χ1v) is 15.2. The van der Waals surface area contributed by atoms with Gasteiger partial charge in [-0.2, -0.15) is 11.8 Å². The molecule has 0 saturated heterocycles. The van der Waals surface area contributed by atoms with Crippen LogP contribution in [-0.2, 0) is 22.4 Å². The van der Waals surface area contributed by atoms with Crippen LogP contribution < -0.4 is 22.1 Å². The van der Waals surface area contributed by atoms with Crippen molar-refractivity contribution in [3.05, 3.63) is 81.8 Å². The van der Waals surface area contributed by atoms with Crippen LogP contribution in [0.1, 0.15) is 33.0 Å². The molecule has 0 fully saturated rings. The Hall–Kier alpha value is -3.23. The van der Waals surface area contributed by atoms with E-state index in [9.17, 15) is 9.59 Å². The molecule has 0 spiro atoms. The molecule has 0 aliphatic heterocycles. The van der Waals surface area contributed by atoms with E-state index in [0.29, 0.717) is 10.3 Å². The largest absolute Gasteiger partial charge is 0.329 e. The van der Waals surface area contributed by atoms with E-state index < -0.39 is 11.8 Å². The number of hydrogen-bond donors (Lipinski definition) is 4. The molecule has 2 aromatic carbocycles. The number of hydrogen-bond acceptors (Lipinski definition) is 11. The molecule has 204 valence electrons. The Labute approximate surface area is 239 Å². The van der Waals surface area contributed by atoms with Crippen LogP contribution in [0, 0.1) is 0 Å². The number of amides is 2. The number of nitrogens with two attached hydrogens (primary N) is 2. The molecule has 0 aliphatic carbocycles. The van der Waals surface area contributed by atoms with Gasteiger partial charge in [-0.3, -0.25) is 20.2 Å². The fourth-order valence-electron chi connectivity index (χ4n) is 3.78. The topological polar surface area (TPSA) is 162 Å². The van der Waals surface area contributed by atoms with Crippen molar-refractivity contribution in [3.63, 3.8) is 0 Å². The van der Waals surface area contributed by atoms with E-state index in [-0.39, 0.29) is 24.9 Å². The molecule has 2 unspecified atom stereocenters. The number of anilines is 2. The summed E-state index contributed by atoms with van der Waals surface area (Å²) in [6.07, 6.45) is 1.49. The molecule has 4 aromatic rings. The van der Waals surface area contributed by atoms with E-state index in [1.54, 1.807) is 11.8 Å². The van der Waals surface area contributed by atoms with Crippen LogP contribution in [0.15, 0.2) is 60.7 Å². The summed E-state index contributed by atoms with van der Waals surface area (Å²) in [7, 11) is 0. The zero-order valence-electron chi connectivity index (χ0n) is 21.2. The highest BCUT2D eigenvalue weighted by atomic mass is 32.2. The second kappa shape index (κ2) is 14.8. The summed E-state index contributed by atoms with van der Waals surface area (Å²) in [6, 6.07) is 18.9. The highest BCUT2D eigenvalue weighted by Crippen LogP contribution is 2.23. The average Bonchev–Trinajstić information content (AvgIpc) is 3.59. The maximum absolute atomic E-state index is 12.7. The number of carbonyl (C=O) groups is 2. The van der Waals surface area contributed by atoms with Crippen molar-refractivity contribution in [2.24, 2.45) is 11.5 Å². The Morgan fingerprint density at radius 3 is 1.49 bits per heavy atom. The highest BCUT2D eigenvalue weighted by molar-refractivity contribution is 7.99. The molecule has 2 heterocycles. The van der Waals surface area contributed by atoms with Gasteiger partial charge in [0.15, 0.2) is 0 Å². The van der Waals surface area contributed by atoms with Crippen molar-refractivity contribution in [3.8, 4) is 0 Å². The molecule has 2 amide bonds. The lowest BCUT2D eigenvalue weighted by Crippen LogP contribution is -2.27. The number of aryl methyl sites for hydroxylation is 2. The smallest absolute Gasteiger partial charge is 0.235 e. The molecular formula is C26H30N8O2S3. The maximum atomic E-state index is 12.7. The predicted molar refractivity (Wildman–Crippen MR) is 158 cm³/mol. The Morgan fingerprint density at radius 1 is 0.692 bits per heavy atom. The number of benzene rings is 2. The first-order valence-electron chi connectivity index (χ1n) is 12.4. The zero-order chi connectivity index (χ0) is 27.5. The SMILES string of the molecule is NCC(C(=O)Nc1nnc(CCSCCc2nnc(NC(=O)C(CN)c3ccccc3)s2)s1)c1ccccc1. The van der Waals surface area contributed by atoms with Crippen molar-refractivity contribution < 1.29 is 9.59 Å². The molecule has 0 radical (unpaired) electrons. The van der Waals surface area contributed by atoms with Gasteiger partial charge in [0, 0.05) is 25.9 Å². The normalized spacial score (nSPS) is 12.6. The molecule has 39 heavy (non-hydrogen) atoms. The fraction of sp³-hybridized carbons (Fsp3) is 0.308. The van der Waals surface area contributed by atoms with E-state index in [4.69, 9.17) is 11.5 Å². The lowest BCUT2D eigenvalue weighted by Gasteiger charge is -2.13. The number of thioether (sulfide) groups is 1. The molecule has 13 heteroatoms. The van der Waals surface area contributed by atoms with Gasteiger partial charge in [0.05, 0.1) is 11.8 Å². The highest BCUT2D eigenvalue weighted by Gasteiger charge is 2.21. The van der Waals surface area contributed by atoms with Crippen LogP contribution in [0.3, 0.4) is 0 Å². The van der Waals surface area contributed by atoms with E-state index in [0.717, 1.165) is 45.5 Å². The van der Waals surface area contributed by atoms with Crippen LogP contribution >= 0.6 is 34.4 Å². The Kier molecular flexibility index (Phi) is 10.9. The maximum Gasteiger partial charge on any atom is 0.235 e. The van der Waals surface area contributed by atoms with Crippen LogP contribution in [0.2, 0.25) is 0 Å². The summed E-state index contributed by atoms with van der Waals surface area (Å²) >= 11 is 4.52. The fourth-order valence-corrected chi connectivity index (χ4v) is 6.40. The van der Waals surface area contributed by atoms with Crippen LogP contribution in [0.4, 0.5) is 10.3 Å². The summed E-state index contributed by atoms with van der Waals surface area (Å²) in [4.78, 5) is 25.3. The number of nitrogens with one attached hydrogen (secondary N) is 2. The standard InChI is InChI=1S/C26H30N8O2S3/c27-15-19(17-7-3-1-4-8-17)23(35)29-25-33-31-21(38-25)11-13-37-14-12-22-32-34-26(39-22)30-24(36)20(16-28)18-9-5-2-6-10-18/h1-10,19-20H,11-16,27-28H2,(H,29,33,35)(H,30,34,36). The summed E-state index contributed by atoms with van der Waals surface area (Å²) in [5.41, 5.74) is 13.4. The van der Waals surface area contributed by atoms with Crippen molar-refractivity contribution >= 4 is 56.5 Å². The average molecular weight is 583 g/mol.